The maximum absolute atomic E-state index is 12.6. The van der Waals surface area contributed by atoms with Gasteiger partial charge in [-0.3, -0.25) is 4.90 Å². The van der Waals surface area contributed by atoms with E-state index >= 15 is 0 Å². The minimum Gasteiger partial charge on any atom is -0.443 e. The number of para-hydroxylation sites is 1. The Labute approximate surface area is 136 Å². The van der Waals surface area contributed by atoms with E-state index in [9.17, 15) is 4.79 Å². The molecular weight excluding hydrogens is 290 g/mol. The summed E-state index contributed by atoms with van der Waals surface area (Å²) in [5.41, 5.74) is 3.51. The summed E-state index contributed by atoms with van der Waals surface area (Å²) in [7, 11) is 0. The van der Waals surface area contributed by atoms with E-state index in [1.165, 1.54) is 0 Å². The van der Waals surface area contributed by atoms with E-state index < -0.39 is 5.60 Å². The lowest BCUT2D eigenvalue weighted by Gasteiger charge is -2.33. The monoisotopic (exact) mass is 313 g/mol. The Morgan fingerprint density at radius 3 is 2.78 bits per heavy atom. The zero-order valence-electron chi connectivity index (χ0n) is 14.1. The first kappa shape index (κ1) is 15.6. The Hall–Kier alpha value is -2.30. The van der Waals surface area contributed by atoms with Crippen LogP contribution in [0.4, 0.5) is 10.5 Å². The van der Waals surface area contributed by atoms with Gasteiger partial charge in [-0.05, 0) is 52.2 Å². The van der Waals surface area contributed by atoms with Crippen molar-refractivity contribution in [3.63, 3.8) is 0 Å². The first-order valence-electron chi connectivity index (χ1n) is 7.99. The minimum atomic E-state index is -0.509. The van der Waals surface area contributed by atoms with Crippen LogP contribution in [-0.2, 0) is 11.2 Å². The zero-order valence-corrected chi connectivity index (χ0v) is 14.1. The van der Waals surface area contributed by atoms with Gasteiger partial charge in [0, 0.05) is 24.0 Å². The molecule has 0 radical (unpaired) electrons. The molecule has 0 saturated carbocycles. The van der Waals surface area contributed by atoms with Gasteiger partial charge in [0.1, 0.15) is 11.4 Å². The maximum atomic E-state index is 12.6. The van der Waals surface area contributed by atoms with Gasteiger partial charge in [0.25, 0.3) is 0 Å². The smallest absolute Gasteiger partial charge is 0.414 e. The molecule has 0 aliphatic carbocycles. The summed E-state index contributed by atoms with van der Waals surface area (Å²) in [5.74, 6) is 0.787. The van der Waals surface area contributed by atoms with Crippen LogP contribution in [-0.4, -0.2) is 28.2 Å². The highest BCUT2D eigenvalue weighted by Gasteiger charge is 2.29. The SMILES string of the molecule is Cc1cnc(-c2cccc3c2N(C(=O)OC(C)(C)C)CCC3)[nH]1. The normalized spacial score (nSPS) is 14.5. The van der Waals surface area contributed by atoms with Crippen molar-refractivity contribution < 1.29 is 9.53 Å². The highest BCUT2D eigenvalue weighted by atomic mass is 16.6. The summed E-state index contributed by atoms with van der Waals surface area (Å²) < 4.78 is 5.59. The molecule has 5 nitrogen and oxygen atoms in total. The topological polar surface area (TPSA) is 58.2 Å². The number of rotatable bonds is 1. The molecule has 1 aromatic carbocycles. The van der Waals surface area contributed by atoms with Gasteiger partial charge in [-0.15, -0.1) is 0 Å². The molecule has 0 unspecified atom stereocenters. The van der Waals surface area contributed by atoms with Crippen molar-refractivity contribution in [2.24, 2.45) is 0 Å². The number of nitrogens with one attached hydrogen (secondary N) is 1. The molecule has 3 rings (SSSR count). The van der Waals surface area contributed by atoms with Gasteiger partial charge in [0.15, 0.2) is 0 Å². The quantitative estimate of drug-likeness (QED) is 0.863. The molecule has 0 bridgehead atoms. The molecule has 23 heavy (non-hydrogen) atoms. The molecule has 0 spiro atoms. The Morgan fingerprint density at radius 2 is 2.13 bits per heavy atom. The standard InChI is InChI=1S/C18H23N3O2/c1-12-11-19-16(20-12)14-9-5-7-13-8-6-10-21(15(13)14)17(22)23-18(2,3)4/h5,7,9,11H,6,8,10H2,1-4H3,(H,19,20). The van der Waals surface area contributed by atoms with E-state index in [2.05, 4.69) is 16.0 Å². The predicted molar refractivity (Wildman–Crippen MR) is 90.7 cm³/mol. The van der Waals surface area contributed by atoms with Crippen LogP contribution in [0.2, 0.25) is 0 Å². The Morgan fingerprint density at radius 1 is 1.35 bits per heavy atom. The number of hydrogen-bond acceptors (Lipinski definition) is 3. The number of anilines is 1. The number of H-pyrrole nitrogens is 1. The average molecular weight is 313 g/mol. The number of nitrogens with zero attached hydrogens (tertiary/aromatic N) is 2. The molecule has 0 fully saturated rings. The van der Waals surface area contributed by atoms with Crippen molar-refractivity contribution >= 4 is 11.8 Å². The van der Waals surface area contributed by atoms with Crippen molar-refractivity contribution in [2.45, 2.75) is 46.1 Å². The third-order valence-corrected chi connectivity index (χ3v) is 3.79. The molecule has 2 aromatic rings. The molecule has 1 aromatic heterocycles. The van der Waals surface area contributed by atoms with Crippen molar-refractivity contribution in [3.05, 3.63) is 35.7 Å². The summed E-state index contributed by atoms with van der Waals surface area (Å²) in [4.78, 5) is 22.1. The van der Waals surface area contributed by atoms with Gasteiger partial charge in [0.2, 0.25) is 0 Å². The molecule has 1 aliphatic heterocycles. The van der Waals surface area contributed by atoms with Gasteiger partial charge in [-0.2, -0.15) is 0 Å². The molecule has 0 atom stereocenters. The number of aromatic amines is 1. The van der Waals surface area contributed by atoms with Crippen molar-refractivity contribution in [2.75, 3.05) is 11.4 Å². The number of carbonyl (C=O) groups excluding carboxylic acids is 1. The summed E-state index contributed by atoms with van der Waals surface area (Å²) in [6.07, 6.45) is 3.40. The van der Waals surface area contributed by atoms with Crippen molar-refractivity contribution in [1.82, 2.24) is 9.97 Å². The van der Waals surface area contributed by atoms with Crippen LogP contribution < -0.4 is 4.90 Å². The van der Waals surface area contributed by atoms with Gasteiger partial charge in [-0.1, -0.05) is 12.1 Å². The first-order chi connectivity index (χ1) is 10.8. The molecule has 122 valence electrons. The first-order valence-corrected chi connectivity index (χ1v) is 7.99. The van der Waals surface area contributed by atoms with Crippen molar-refractivity contribution in [1.29, 1.82) is 0 Å². The van der Waals surface area contributed by atoms with Crippen molar-refractivity contribution in [3.8, 4) is 11.4 Å². The van der Waals surface area contributed by atoms with Gasteiger partial charge in [-0.25, -0.2) is 9.78 Å². The van der Waals surface area contributed by atoms with E-state index in [0.29, 0.717) is 6.54 Å². The number of aryl methyl sites for hydroxylation is 2. The predicted octanol–water partition coefficient (Wildman–Crippen LogP) is 4.07. The van der Waals surface area contributed by atoms with Crippen LogP contribution in [0.5, 0.6) is 0 Å². The second-order valence-electron chi connectivity index (χ2n) is 6.96. The summed E-state index contributed by atoms with van der Waals surface area (Å²) >= 11 is 0. The van der Waals surface area contributed by atoms with Crippen LogP contribution in [0, 0.1) is 6.92 Å². The lowest BCUT2D eigenvalue weighted by atomic mass is 9.97. The molecule has 1 aliphatic rings. The Kier molecular flexibility index (Phi) is 3.88. The lowest BCUT2D eigenvalue weighted by molar-refractivity contribution is 0.0578. The van der Waals surface area contributed by atoms with Gasteiger partial charge < -0.3 is 9.72 Å². The fourth-order valence-corrected chi connectivity index (χ4v) is 2.89. The van der Waals surface area contributed by atoms with Crippen LogP contribution in [0.3, 0.4) is 0 Å². The fraction of sp³-hybridized carbons (Fsp3) is 0.444. The largest absolute Gasteiger partial charge is 0.443 e. The van der Waals surface area contributed by atoms with E-state index in [0.717, 1.165) is 41.2 Å². The summed E-state index contributed by atoms with van der Waals surface area (Å²) in [6, 6.07) is 6.09. The third kappa shape index (κ3) is 3.23. The molecule has 1 N–H and O–H groups in total. The second kappa shape index (κ2) is 5.72. The highest BCUT2D eigenvalue weighted by molar-refractivity contribution is 5.95. The van der Waals surface area contributed by atoms with Crippen LogP contribution in [0.25, 0.3) is 11.4 Å². The highest BCUT2D eigenvalue weighted by Crippen LogP contribution is 2.37. The minimum absolute atomic E-state index is 0.297. The number of ether oxygens (including phenoxy) is 1. The maximum Gasteiger partial charge on any atom is 0.414 e. The number of aromatic nitrogens is 2. The molecule has 2 heterocycles. The molecule has 5 heteroatoms. The van der Waals surface area contributed by atoms with Gasteiger partial charge >= 0.3 is 6.09 Å². The molecular formula is C18H23N3O2. The summed E-state index contributed by atoms with van der Waals surface area (Å²) in [6.45, 7) is 8.29. The van der Waals surface area contributed by atoms with E-state index in [1.54, 1.807) is 11.1 Å². The van der Waals surface area contributed by atoms with E-state index in [1.807, 2.05) is 39.8 Å². The fourth-order valence-electron chi connectivity index (χ4n) is 2.89. The van der Waals surface area contributed by atoms with Gasteiger partial charge in [0.05, 0.1) is 5.69 Å². The number of fused-ring (bicyclic) bond motifs is 1. The lowest BCUT2D eigenvalue weighted by Crippen LogP contribution is -2.40. The third-order valence-electron chi connectivity index (χ3n) is 3.79. The van der Waals surface area contributed by atoms with Crippen LogP contribution >= 0.6 is 0 Å². The number of amides is 1. The number of hydrogen-bond donors (Lipinski definition) is 1. The van der Waals surface area contributed by atoms with Crippen LogP contribution in [0.1, 0.15) is 38.4 Å². The van der Waals surface area contributed by atoms with Crippen LogP contribution in [0.15, 0.2) is 24.4 Å². The van der Waals surface area contributed by atoms with E-state index in [4.69, 9.17) is 4.74 Å². The molecule has 0 saturated heterocycles. The summed E-state index contributed by atoms with van der Waals surface area (Å²) in [5, 5.41) is 0. The molecule has 1 amide bonds. The Bertz CT molecular complexity index is 728. The average Bonchev–Trinajstić information content (AvgIpc) is 2.90. The Balaban J connectivity index is 2.04. The number of benzene rings is 1. The number of imidazole rings is 1. The zero-order chi connectivity index (χ0) is 16.6. The second-order valence-corrected chi connectivity index (χ2v) is 6.96. The van der Waals surface area contributed by atoms with E-state index in [-0.39, 0.29) is 6.09 Å². The number of carbonyl (C=O) groups is 1.